The second-order valence-electron chi connectivity index (χ2n) is 5.52. The van der Waals surface area contributed by atoms with E-state index in [1.165, 1.54) is 11.9 Å². The molecule has 2 rings (SSSR count). The van der Waals surface area contributed by atoms with Crippen LogP contribution in [0.4, 0.5) is 23.6 Å². The van der Waals surface area contributed by atoms with Crippen molar-refractivity contribution in [2.75, 3.05) is 31.6 Å². The van der Waals surface area contributed by atoms with Crippen molar-refractivity contribution in [1.82, 2.24) is 15.1 Å². The Labute approximate surface area is 124 Å². The predicted octanol–water partition coefficient (Wildman–Crippen LogP) is 1.15. The minimum atomic E-state index is -4.67. The lowest BCUT2D eigenvalue weighted by Gasteiger charge is -2.28. The van der Waals surface area contributed by atoms with E-state index in [4.69, 9.17) is 9.52 Å². The second kappa shape index (κ2) is 6.37. The number of alkyl halides is 4. The Balaban J connectivity index is 1.98. The molecule has 0 unspecified atom stereocenters. The summed E-state index contributed by atoms with van der Waals surface area (Å²) < 4.78 is 55.9. The molecule has 0 bridgehead atoms. The monoisotopic (exact) mass is 326 g/mol. The van der Waals surface area contributed by atoms with Crippen LogP contribution in [0.3, 0.4) is 0 Å². The lowest BCUT2D eigenvalue weighted by Crippen LogP contribution is -2.45. The van der Waals surface area contributed by atoms with Gasteiger partial charge in [0.1, 0.15) is 6.17 Å². The van der Waals surface area contributed by atoms with Gasteiger partial charge in [0.25, 0.3) is 0 Å². The van der Waals surface area contributed by atoms with Crippen molar-refractivity contribution >= 4 is 6.01 Å². The van der Waals surface area contributed by atoms with Gasteiger partial charge in [0.15, 0.2) is 6.10 Å². The van der Waals surface area contributed by atoms with E-state index in [9.17, 15) is 17.6 Å². The quantitative estimate of drug-likeness (QED) is 0.819. The number of aromatic nitrogens is 2. The van der Waals surface area contributed by atoms with Crippen molar-refractivity contribution in [3.63, 3.8) is 0 Å². The number of hydrogen-bond donors (Lipinski definition) is 1. The third-order valence-corrected chi connectivity index (χ3v) is 3.51. The molecule has 0 amide bonds. The zero-order valence-corrected chi connectivity index (χ0v) is 12.2. The minimum Gasteiger partial charge on any atom is -0.408 e. The zero-order valence-electron chi connectivity index (χ0n) is 12.2. The molecule has 0 aromatic carbocycles. The Morgan fingerprint density at radius 2 is 2.14 bits per heavy atom. The molecular weight excluding hydrogens is 308 g/mol. The van der Waals surface area contributed by atoms with E-state index in [-0.39, 0.29) is 31.6 Å². The van der Waals surface area contributed by atoms with Gasteiger partial charge >= 0.3 is 12.2 Å². The standard InChI is InChI=1S/C12H18F4N4O2/c1-7-17-18-11(22-7)20-4-8(13)3-9(20)5-19(2)6-10(21)12(14,15)16/h8-10,21H,3-6H2,1-2H3/t8-,9-,10-/m0/s1. The van der Waals surface area contributed by atoms with Crippen LogP contribution in [0.1, 0.15) is 12.3 Å². The largest absolute Gasteiger partial charge is 0.415 e. The fourth-order valence-corrected chi connectivity index (χ4v) is 2.50. The van der Waals surface area contributed by atoms with Crippen LogP contribution < -0.4 is 4.90 Å². The molecule has 0 saturated carbocycles. The van der Waals surface area contributed by atoms with Gasteiger partial charge in [-0.3, -0.25) is 0 Å². The van der Waals surface area contributed by atoms with Crippen molar-refractivity contribution in [3.05, 3.63) is 5.89 Å². The Hall–Kier alpha value is -1.42. The van der Waals surface area contributed by atoms with Crippen molar-refractivity contribution in [1.29, 1.82) is 0 Å². The summed E-state index contributed by atoms with van der Waals surface area (Å²) in [5.74, 6) is 0.330. The first-order valence-corrected chi connectivity index (χ1v) is 6.81. The van der Waals surface area contributed by atoms with Crippen molar-refractivity contribution in [2.24, 2.45) is 0 Å². The Bertz CT molecular complexity index is 496. The Kier molecular flexibility index (Phi) is 4.90. The fourth-order valence-electron chi connectivity index (χ4n) is 2.50. The van der Waals surface area contributed by atoms with Gasteiger partial charge in [-0.05, 0) is 7.05 Å². The smallest absolute Gasteiger partial charge is 0.408 e. The number of halogens is 4. The molecule has 1 aromatic rings. The molecule has 10 heteroatoms. The molecule has 1 N–H and O–H groups in total. The molecule has 126 valence electrons. The molecule has 2 heterocycles. The lowest BCUT2D eigenvalue weighted by atomic mass is 10.2. The summed E-state index contributed by atoms with van der Waals surface area (Å²) in [7, 11) is 1.44. The first kappa shape index (κ1) is 16.9. The van der Waals surface area contributed by atoms with Crippen LogP contribution in [-0.2, 0) is 0 Å². The van der Waals surface area contributed by atoms with E-state index in [1.54, 1.807) is 11.8 Å². The fraction of sp³-hybridized carbons (Fsp3) is 0.833. The van der Waals surface area contributed by atoms with E-state index < -0.39 is 25.0 Å². The SMILES string of the molecule is Cc1nnc(N2C[C@@H](F)C[C@H]2CN(C)C[C@H](O)C(F)(F)F)o1. The third kappa shape index (κ3) is 4.07. The normalized spacial score (nSPS) is 24.3. The molecule has 0 radical (unpaired) electrons. The average molecular weight is 326 g/mol. The summed E-state index contributed by atoms with van der Waals surface area (Å²) in [4.78, 5) is 2.87. The Morgan fingerprint density at radius 1 is 1.45 bits per heavy atom. The first-order chi connectivity index (χ1) is 10.2. The number of likely N-dealkylation sites (N-methyl/N-ethyl adjacent to an activating group) is 1. The Morgan fingerprint density at radius 3 is 2.68 bits per heavy atom. The number of rotatable bonds is 5. The lowest BCUT2D eigenvalue weighted by molar-refractivity contribution is -0.207. The minimum absolute atomic E-state index is 0.0575. The highest BCUT2D eigenvalue weighted by molar-refractivity contribution is 5.30. The molecule has 1 aliphatic heterocycles. The van der Waals surface area contributed by atoms with Crippen LogP contribution in [0.5, 0.6) is 0 Å². The van der Waals surface area contributed by atoms with Gasteiger partial charge in [0.05, 0.1) is 6.54 Å². The van der Waals surface area contributed by atoms with Gasteiger partial charge in [0.2, 0.25) is 5.89 Å². The van der Waals surface area contributed by atoms with Crippen LogP contribution >= 0.6 is 0 Å². The summed E-state index contributed by atoms with van der Waals surface area (Å²) in [5.41, 5.74) is 0. The topological polar surface area (TPSA) is 65.6 Å². The molecule has 0 aliphatic carbocycles. The molecule has 3 atom stereocenters. The summed E-state index contributed by atoms with van der Waals surface area (Å²) >= 11 is 0. The van der Waals surface area contributed by atoms with Crippen molar-refractivity contribution < 1.29 is 27.1 Å². The maximum absolute atomic E-state index is 13.6. The van der Waals surface area contributed by atoms with Crippen molar-refractivity contribution in [2.45, 2.75) is 37.8 Å². The van der Waals surface area contributed by atoms with E-state index in [0.717, 1.165) is 0 Å². The van der Waals surface area contributed by atoms with Gasteiger partial charge in [-0.1, -0.05) is 5.10 Å². The number of nitrogens with zero attached hydrogens (tertiary/aromatic N) is 4. The molecule has 0 spiro atoms. The van der Waals surface area contributed by atoms with Crippen molar-refractivity contribution in [3.8, 4) is 0 Å². The van der Waals surface area contributed by atoms with Gasteiger partial charge in [-0.25, -0.2) is 4.39 Å². The van der Waals surface area contributed by atoms with Gasteiger partial charge in [-0.15, -0.1) is 5.10 Å². The molecule has 6 nitrogen and oxygen atoms in total. The van der Waals surface area contributed by atoms with E-state index in [2.05, 4.69) is 10.2 Å². The number of aryl methyl sites for hydroxylation is 1. The molecule has 1 aromatic heterocycles. The van der Waals surface area contributed by atoms with Gasteiger partial charge < -0.3 is 19.3 Å². The highest BCUT2D eigenvalue weighted by atomic mass is 19.4. The second-order valence-corrected chi connectivity index (χ2v) is 5.52. The predicted molar refractivity (Wildman–Crippen MR) is 69.2 cm³/mol. The van der Waals surface area contributed by atoms with Crippen LogP contribution in [-0.4, -0.2) is 71.4 Å². The molecule has 1 saturated heterocycles. The maximum atomic E-state index is 13.6. The highest BCUT2D eigenvalue weighted by Crippen LogP contribution is 2.27. The number of aliphatic hydroxyl groups excluding tert-OH is 1. The number of anilines is 1. The van der Waals surface area contributed by atoms with Crippen LogP contribution in [0, 0.1) is 6.92 Å². The zero-order chi connectivity index (χ0) is 16.5. The summed E-state index contributed by atoms with van der Waals surface area (Å²) in [5, 5.41) is 16.6. The van der Waals surface area contributed by atoms with E-state index in [1.807, 2.05) is 0 Å². The molecule has 1 aliphatic rings. The van der Waals surface area contributed by atoms with Crippen LogP contribution in [0.25, 0.3) is 0 Å². The summed E-state index contributed by atoms with van der Waals surface area (Å²) in [6, 6.07) is -0.229. The molecule has 1 fully saturated rings. The summed E-state index contributed by atoms with van der Waals surface area (Å²) in [6.07, 6.45) is -8.05. The maximum Gasteiger partial charge on any atom is 0.415 e. The average Bonchev–Trinajstić information content (AvgIpc) is 2.94. The third-order valence-electron chi connectivity index (χ3n) is 3.51. The van der Waals surface area contributed by atoms with E-state index >= 15 is 0 Å². The highest BCUT2D eigenvalue weighted by Gasteiger charge is 2.40. The first-order valence-electron chi connectivity index (χ1n) is 6.81. The van der Waals surface area contributed by atoms with E-state index in [0.29, 0.717) is 5.89 Å². The summed E-state index contributed by atoms with van der Waals surface area (Å²) in [6.45, 7) is 1.23. The molecule has 22 heavy (non-hydrogen) atoms. The molecular formula is C12H18F4N4O2. The number of hydrogen-bond acceptors (Lipinski definition) is 6. The van der Waals surface area contributed by atoms with Gasteiger partial charge in [-0.2, -0.15) is 13.2 Å². The van der Waals surface area contributed by atoms with Gasteiger partial charge in [0, 0.05) is 32.5 Å². The number of aliphatic hydroxyl groups is 1. The van der Waals surface area contributed by atoms with Crippen LogP contribution in [0.15, 0.2) is 4.42 Å². The van der Waals surface area contributed by atoms with Crippen LogP contribution in [0.2, 0.25) is 0 Å².